The Morgan fingerprint density at radius 1 is 1.38 bits per heavy atom. The molecule has 0 saturated carbocycles. The van der Waals surface area contributed by atoms with E-state index >= 15 is 0 Å². The van der Waals surface area contributed by atoms with Crippen molar-refractivity contribution >= 4 is 32.9 Å². The standard InChI is InChI=1S/C18H23N5O5S/c1-4-15(24)19-12-16(25)21-7-9-22(10-8-21)29(26,27)23-6-5-14-17(23)13(2)11-20-18(14)28-3/h4-6,11H,1,7-10,12H2,2-3H3,(H,19,24)/i1D2. The largest absolute Gasteiger partial charge is 0.481 e. The highest BCUT2D eigenvalue weighted by atomic mass is 32.2. The van der Waals surface area contributed by atoms with Gasteiger partial charge in [0.05, 0.1) is 27.3 Å². The van der Waals surface area contributed by atoms with Gasteiger partial charge < -0.3 is 15.0 Å². The minimum Gasteiger partial charge on any atom is -0.481 e. The predicted molar refractivity (Wildman–Crippen MR) is 107 cm³/mol. The van der Waals surface area contributed by atoms with Crippen molar-refractivity contribution in [1.29, 1.82) is 0 Å². The van der Waals surface area contributed by atoms with Gasteiger partial charge in [-0.05, 0) is 24.6 Å². The van der Waals surface area contributed by atoms with Crippen LogP contribution in [0, 0.1) is 6.92 Å². The van der Waals surface area contributed by atoms with E-state index in [2.05, 4.69) is 10.3 Å². The molecule has 10 nitrogen and oxygen atoms in total. The minimum atomic E-state index is -3.87. The number of aryl methyl sites for hydroxylation is 1. The van der Waals surface area contributed by atoms with E-state index in [0.29, 0.717) is 22.3 Å². The molecule has 2 amide bonds. The lowest BCUT2D eigenvalue weighted by atomic mass is 10.2. The first-order chi connectivity index (χ1) is 14.6. The lowest BCUT2D eigenvalue weighted by molar-refractivity contribution is -0.133. The van der Waals surface area contributed by atoms with Gasteiger partial charge in [-0.3, -0.25) is 9.59 Å². The molecule has 1 aliphatic rings. The summed E-state index contributed by atoms with van der Waals surface area (Å²) < 4.78 is 48.0. The molecule has 0 radical (unpaired) electrons. The van der Waals surface area contributed by atoms with E-state index in [1.807, 2.05) is 0 Å². The summed E-state index contributed by atoms with van der Waals surface area (Å²) in [6, 6.07) is 1.64. The molecule has 29 heavy (non-hydrogen) atoms. The van der Waals surface area contributed by atoms with E-state index < -0.39 is 22.6 Å². The zero-order valence-electron chi connectivity index (χ0n) is 18.1. The second kappa shape index (κ2) is 8.21. The fourth-order valence-corrected chi connectivity index (χ4v) is 4.79. The van der Waals surface area contributed by atoms with Crippen LogP contribution in [0.5, 0.6) is 5.88 Å². The first-order valence-electron chi connectivity index (χ1n) is 9.87. The minimum absolute atomic E-state index is 0.104. The molecule has 0 aromatic carbocycles. The number of amides is 2. The van der Waals surface area contributed by atoms with Gasteiger partial charge in [-0.25, -0.2) is 8.96 Å². The van der Waals surface area contributed by atoms with Crippen LogP contribution in [0.1, 0.15) is 8.30 Å². The smallest absolute Gasteiger partial charge is 0.308 e. The molecule has 0 atom stereocenters. The Bertz CT molecular complexity index is 1140. The molecular formula is C18H23N5O5S. The molecule has 0 aliphatic carbocycles. The maximum atomic E-state index is 13.2. The first kappa shape index (κ1) is 18.1. The number of pyridine rings is 1. The van der Waals surface area contributed by atoms with Crippen molar-refractivity contribution in [1.82, 2.24) is 23.5 Å². The zero-order valence-corrected chi connectivity index (χ0v) is 16.9. The fourth-order valence-electron chi connectivity index (χ4n) is 3.23. The van der Waals surface area contributed by atoms with Crippen LogP contribution >= 0.6 is 0 Å². The van der Waals surface area contributed by atoms with Gasteiger partial charge >= 0.3 is 10.2 Å². The number of fused-ring (bicyclic) bond motifs is 1. The molecule has 1 fully saturated rings. The van der Waals surface area contributed by atoms with E-state index in [9.17, 15) is 18.0 Å². The number of hydrogen-bond donors (Lipinski definition) is 1. The van der Waals surface area contributed by atoms with Crippen LogP contribution in [0.3, 0.4) is 0 Å². The van der Waals surface area contributed by atoms with Crippen LogP contribution in [0.15, 0.2) is 31.1 Å². The molecule has 1 aliphatic heterocycles. The molecular weight excluding hydrogens is 398 g/mol. The summed E-state index contributed by atoms with van der Waals surface area (Å²) in [5, 5.41) is 2.90. The van der Waals surface area contributed by atoms with E-state index in [1.165, 1.54) is 26.5 Å². The van der Waals surface area contributed by atoms with Crippen LogP contribution < -0.4 is 10.1 Å². The first-order valence-corrected chi connectivity index (χ1v) is 10.3. The summed E-state index contributed by atoms with van der Waals surface area (Å²) in [7, 11) is -2.40. The number of carbonyl (C=O) groups is 2. The molecule has 2 aromatic rings. The molecule has 3 rings (SSSR count). The van der Waals surface area contributed by atoms with Crippen molar-refractivity contribution in [2.24, 2.45) is 0 Å². The number of carbonyl (C=O) groups excluding carboxylic acids is 2. The average molecular weight is 423 g/mol. The molecule has 0 bridgehead atoms. The zero-order chi connectivity index (χ0) is 22.8. The third-order valence-electron chi connectivity index (χ3n) is 4.74. The van der Waals surface area contributed by atoms with E-state index in [4.69, 9.17) is 7.48 Å². The van der Waals surface area contributed by atoms with Gasteiger partial charge in [0.15, 0.2) is 0 Å². The van der Waals surface area contributed by atoms with Crippen LogP contribution in [0.2, 0.25) is 0 Å². The topological polar surface area (TPSA) is 114 Å². The monoisotopic (exact) mass is 423 g/mol. The van der Waals surface area contributed by atoms with Crippen molar-refractivity contribution in [3.05, 3.63) is 36.6 Å². The summed E-state index contributed by atoms with van der Waals surface area (Å²) in [4.78, 5) is 29.3. The maximum absolute atomic E-state index is 13.2. The molecule has 0 unspecified atom stereocenters. The molecule has 0 spiro atoms. The normalized spacial score (nSPS) is 16.1. The third kappa shape index (κ3) is 3.96. The quantitative estimate of drug-likeness (QED) is 0.649. The Labute approximate surface area is 171 Å². The summed E-state index contributed by atoms with van der Waals surface area (Å²) in [6.45, 7) is 1.38. The molecule has 1 N–H and O–H groups in total. The highest BCUT2D eigenvalue weighted by Gasteiger charge is 2.31. The summed E-state index contributed by atoms with van der Waals surface area (Å²) >= 11 is 0. The average Bonchev–Trinajstić information content (AvgIpc) is 3.19. The van der Waals surface area contributed by atoms with E-state index in [-0.39, 0.29) is 38.6 Å². The predicted octanol–water partition coefficient (Wildman–Crippen LogP) is -0.107. The Morgan fingerprint density at radius 3 is 2.76 bits per heavy atom. The second-order valence-electron chi connectivity index (χ2n) is 6.47. The summed E-state index contributed by atoms with van der Waals surface area (Å²) in [5.41, 5.74) is 1.18. The molecule has 3 heterocycles. The van der Waals surface area contributed by atoms with Gasteiger partial charge in [0.25, 0.3) is 0 Å². The molecule has 2 aromatic heterocycles. The van der Waals surface area contributed by atoms with Crippen molar-refractivity contribution in [2.45, 2.75) is 6.92 Å². The van der Waals surface area contributed by atoms with Gasteiger partial charge in [-0.15, -0.1) is 0 Å². The molecule has 156 valence electrons. The Hall–Kier alpha value is -2.92. The highest BCUT2D eigenvalue weighted by molar-refractivity contribution is 7.87. The number of hydrogen-bond acceptors (Lipinski definition) is 6. The number of nitrogens with zero attached hydrogens (tertiary/aromatic N) is 4. The van der Waals surface area contributed by atoms with Gasteiger partial charge in [-0.1, -0.05) is 6.53 Å². The Morgan fingerprint density at radius 2 is 2.10 bits per heavy atom. The summed E-state index contributed by atoms with van der Waals surface area (Å²) in [5.74, 6) is -0.729. The fraction of sp³-hybridized carbons (Fsp3) is 0.389. The number of ether oxygens (including phenoxy) is 1. The molecule has 11 heteroatoms. The number of aromatic nitrogens is 2. The van der Waals surface area contributed by atoms with Crippen LogP contribution in [-0.4, -0.2) is 78.2 Å². The maximum Gasteiger partial charge on any atom is 0.308 e. The van der Waals surface area contributed by atoms with Gasteiger partial charge in [0.2, 0.25) is 17.7 Å². The molecule has 1 saturated heterocycles. The number of piperazine rings is 1. The third-order valence-corrected chi connectivity index (χ3v) is 6.56. The van der Waals surface area contributed by atoms with E-state index in [1.54, 1.807) is 19.2 Å². The highest BCUT2D eigenvalue weighted by Crippen LogP contribution is 2.29. The Balaban J connectivity index is 1.69. The van der Waals surface area contributed by atoms with Crippen LogP contribution in [-0.2, 0) is 19.8 Å². The van der Waals surface area contributed by atoms with Crippen molar-refractivity contribution in [3.63, 3.8) is 0 Å². The Kier molecular flexibility index (Phi) is 5.13. The number of nitrogens with one attached hydrogen (secondary N) is 1. The number of methoxy groups -OCH3 is 1. The van der Waals surface area contributed by atoms with Crippen LogP contribution in [0.4, 0.5) is 0 Å². The number of rotatable bonds is 6. The summed E-state index contributed by atoms with van der Waals surface area (Å²) in [6.07, 6.45) is 3.77. The van der Waals surface area contributed by atoms with Crippen molar-refractivity contribution in [2.75, 3.05) is 39.8 Å². The van der Waals surface area contributed by atoms with Gasteiger partial charge in [-0.2, -0.15) is 12.7 Å². The second-order valence-corrected chi connectivity index (χ2v) is 8.28. The van der Waals surface area contributed by atoms with E-state index in [0.717, 1.165) is 6.08 Å². The van der Waals surface area contributed by atoms with Gasteiger partial charge in [0, 0.05) is 38.6 Å². The SMILES string of the molecule is [2H]C([2H])=CC(=O)NCC(=O)N1CCN(S(=O)(=O)n2ccc3c(OC)ncc(C)c32)CC1. The van der Waals surface area contributed by atoms with Gasteiger partial charge in [0.1, 0.15) is 0 Å². The lowest BCUT2D eigenvalue weighted by Gasteiger charge is -2.34. The van der Waals surface area contributed by atoms with Crippen LogP contribution in [0.25, 0.3) is 10.9 Å². The lowest BCUT2D eigenvalue weighted by Crippen LogP contribution is -2.53. The van der Waals surface area contributed by atoms with Crippen molar-refractivity contribution < 1.29 is 25.5 Å². The van der Waals surface area contributed by atoms with Crippen molar-refractivity contribution in [3.8, 4) is 5.88 Å².